The van der Waals surface area contributed by atoms with E-state index in [0.717, 1.165) is 11.1 Å². The summed E-state index contributed by atoms with van der Waals surface area (Å²) in [6.07, 6.45) is 2.41. The first-order valence-corrected chi connectivity index (χ1v) is 8.58. The SMILES string of the molecule is CC(C)=C1C(=O)OC(=O)C1=CCc1cc(-c2ccccc2)sc1C. The van der Waals surface area contributed by atoms with E-state index in [0.29, 0.717) is 17.6 Å². The van der Waals surface area contributed by atoms with Crippen molar-refractivity contribution >= 4 is 23.3 Å². The van der Waals surface area contributed by atoms with Crippen molar-refractivity contribution in [2.24, 2.45) is 0 Å². The first-order valence-electron chi connectivity index (χ1n) is 7.76. The number of ether oxygens (including phenoxy) is 1. The number of hydrogen-bond donors (Lipinski definition) is 0. The van der Waals surface area contributed by atoms with Gasteiger partial charge in [-0.2, -0.15) is 0 Å². The van der Waals surface area contributed by atoms with Crippen molar-refractivity contribution in [1.29, 1.82) is 0 Å². The summed E-state index contributed by atoms with van der Waals surface area (Å²) in [5, 5.41) is 0. The molecule has 0 spiro atoms. The number of aryl methyl sites for hydroxylation is 1. The van der Waals surface area contributed by atoms with Gasteiger partial charge in [0.2, 0.25) is 0 Å². The molecule has 2 heterocycles. The van der Waals surface area contributed by atoms with Crippen LogP contribution in [0.1, 0.15) is 24.3 Å². The lowest BCUT2D eigenvalue weighted by Crippen LogP contribution is -1.97. The molecular weight excluding hydrogens is 320 g/mol. The maximum Gasteiger partial charge on any atom is 0.346 e. The lowest BCUT2D eigenvalue weighted by atomic mass is 10.0. The number of carbonyl (C=O) groups is 2. The van der Waals surface area contributed by atoms with Crippen LogP contribution < -0.4 is 0 Å². The largest absolute Gasteiger partial charge is 0.386 e. The topological polar surface area (TPSA) is 43.4 Å². The number of carbonyl (C=O) groups excluding carboxylic acids is 2. The van der Waals surface area contributed by atoms with Gasteiger partial charge in [-0.1, -0.05) is 42.0 Å². The quantitative estimate of drug-likeness (QED) is 0.466. The molecule has 1 saturated heterocycles. The highest BCUT2D eigenvalue weighted by molar-refractivity contribution is 7.15. The molecule has 0 N–H and O–H groups in total. The molecule has 0 atom stereocenters. The lowest BCUT2D eigenvalue weighted by Gasteiger charge is -1.98. The molecule has 2 aromatic rings. The summed E-state index contributed by atoms with van der Waals surface area (Å²) in [6.45, 7) is 5.70. The number of esters is 2. The molecule has 0 saturated carbocycles. The van der Waals surface area contributed by atoms with Crippen molar-refractivity contribution in [1.82, 2.24) is 0 Å². The molecule has 1 fully saturated rings. The van der Waals surface area contributed by atoms with E-state index in [1.165, 1.54) is 15.3 Å². The fourth-order valence-corrected chi connectivity index (χ4v) is 3.80. The Morgan fingerprint density at radius 3 is 2.50 bits per heavy atom. The zero-order valence-corrected chi connectivity index (χ0v) is 14.7. The summed E-state index contributed by atoms with van der Waals surface area (Å²) >= 11 is 1.73. The average molecular weight is 338 g/mol. The van der Waals surface area contributed by atoms with Gasteiger partial charge in [0.1, 0.15) is 0 Å². The molecule has 3 rings (SSSR count). The highest BCUT2D eigenvalue weighted by Crippen LogP contribution is 2.32. The Hall–Kier alpha value is -2.46. The van der Waals surface area contributed by atoms with Gasteiger partial charge in [0.15, 0.2) is 0 Å². The van der Waals surface area contributed by atoms with Crippen LogP contribution >= 0.6 is 11.3 Å². The Morgan fingerprint density at radius 1 is 1.12 bits per heavy atom. The second-order valence-electron chi connectivity index (χ2n) is 5.93. The van der Waals surface area contributed by atoms with Gasteiger partial charge in [-0.15, -0.1) is 11.3 Å². The third kappa shape index (κ3) is 3.10. The summed E-state index contributed by atoms with van der Waals surface area (Å²) in [6, 6.07) is 12.4. The average Bonchev–Trinajstić information content (AvgIpc) is 3.05. The Bertz CT molecular complexity index is 866. The van der Waals surface area contributed by atoms with E-state index in [2.05, 4.69) is 25.1 Å². The summed E-state index contributed by atoms with van der Waals surface area (Å²) in [5.41, 5.74) is 3.92. The molecule has 0 unspecified atom stereocenters. The summed E-state index contributed by atoms with van der Waals surface area (Å²) < 4.78 is 4.74. The molecule has 1 aromatic carbocycles. The van der Waals surface area contributed by atoms with Crippen molar-refractivity contribution in [2.75, 3.05) is 0 Å². The molecule has 0 amide bonds. The van der Waals surface area contributed by atoms with Gasteiger partial charge in [-0.05, 0) is 44.4 Å². The highest BCUT2D eigenvalue weighted by atomic mass is 32.1. The molecule has 0 radical (unpaired) electrons. The Morgan fingerprint density at radius 2 is 1.83 bits per heavy atom. The van der Waals surface area contributed by atoms with Crippen LogP contribution in [0.5, 0.6) is 0 Å². The maximum absolute atomic E-state index is 11.9. The third-order valence-electron chi connectivity index (χ3n) is 3.98. The minimum absolute atomic E-state index is 0.381. The van der Waals surface area contributed by atoms with Crippen molar-refractivity contribution in [3.05, 3.63) is 69.6 Å². The molecular formula is C20H18O3S. The standard InChI is InChI=1S/C20H18O3S/c1-12(2)18-16(19(21)23-20(18)22)10-9-15-11-17(24-13(15)3)14-7-5-4-6-8-14/h4-8,10-11H,9H2,1-3H3. The second kappa shape index (κ2) is 6.57. The van der Waals surface area contributed by atoms with Gasteiger partial charge < -0.3 is 4.74 Å². The van der Waals surface area contributed by atoms with Crippen molar-refractivity contribution < 1.29 is 14.3 Å². The van der Waals surface area contributed by atoms with Gasteiger partial charge in [-0.3, -0.25) is 0 Å². The van der Waals surface area contributed by atoms with Crippen molar-refractivity contribution in [2.45, 2.75) is 27.2 Å². The predicted molar refractivity (Wildman–Crippen MR) is 95.8 cm³/mol. The molecule has 0 aliphatic carbocycles. The number of hydrogen-bond acceptors (Lipinski definition) is 4. The van der Waals surface area contributed by atoms with Crippen LogP contribution in [0, 0.1) is 6.92 Å². The number of allylic oxidation sites excluding steroid dienone is 2. The molecule has 4 heteroatoms. The first-order chi connectivity index (χ1) is 11.5. The summed E-state index contributed by atoms with van der Waals surface area (Å²) in [7, 11) is 0. The van der Waals surface area contributed by atoms with Crippen molar-refractivity contribution in [3.8, 4) is 10.4 Å². The molecule has 0 bridgehead atoms. The minimum atomic E-state index is -0.549. The normalized spacial score (nSPS) is 16.0. The van der Waals surface area contributed by atoms with E-state index >= 15 is 0 Å². The van der Waals surface area contributed by atoms with Crippen LogP contribution in [-0.4, -0.2) is 11.9 Å². The van der Waals surface area contributed by atoms with E-state index in [9.17, 15) is 9.59 Å². The van der Waals surface area contributed by atoms with Crippen molar-refractivity contribution in [3.63, 3.8) is 0 Å². The fourth-order valence-electron chi connectivity index (χ4n) is 2.74. The van der Waals surface area contributed by atoms with Crippen LogP contribution in [-0.2, 0) is 20.7 Å². The van der Waals surface area contributed by atoms with Crippen LogP contribution in [0.2, 0.25) is 0 Å². The van der Waals surface area contributed by atoms with Gasteiger partial charge in [0, 0.05) is 9.75 Å². The number of cyclic esters (lactones) is 2. The maximum atomic E-state index is 11.9. The monoisotopic (exact) mass is 338 g/mol. The van der Waals surface area contributed by atoms with Crippen LogP contribution in [0.25, 0.3) is 10.4 Å². The minimum Gasteiger partial charge on any atom is -0.386 e. The molecule has 24 heavy (non-hydrogen) atoms. The van der Waals surface area contributed by atoms with E-state index < -0.39 is 11.9 Å². The second-order valence-corrected chi connectivity index (χ2v) is 7.19. The predicted octanol–water partition coefficient (Wildman–Crippen LogP) is 4.61. The summed E-state index contributed by atoms with van der Waals surface area (Å²) in [5.74, 6) is -1.09. The molecule has 1 aromatic heterocycles. The van der Waals surface area contributed by atoms with Crippen LogP contribution in [0.4, 0.5) is 0 Å². The molecule has 3 nitrogen and oxygen atoms in total. The van der Waals surface area contributed by atoms with E-state index in [1.807, 2.05) is 32.0 Å². The lowest BCUT2D eigenvalue weighted by molar-refractivity contribution is -0.149. The zero-order chi connectivity index (χ0) is 17.3. The Labute approximate surface area is 145 Å². The van der Waals surface area contributed by atoms with Crippen LogP contribution in [0.3, 0.4) is 0 Å². The Kier molecular flexibility index (Phi) is 4.49. The molecule has 122 valence electrons. The zero-order valence-electron chi connectivity index (χ0n) is 13.9. The number of benzene rings is 1. The smallest absolute Gasteiger partial charge is 0.346 e. The van der Waals surface area contributed by atoms with Crippen LogP contribution in [0.15, 0.2) is 59.2 Å². The fraction of sp³-hybridized carbons (Fsp3) is 0.200. The number of thiophene rings is 1. The molecule has 1 aliphatic rings. The summed E-state index contributed by atoms with van der Waals surface area (Å²) in [4.78, 5) is 26.1. The first kappa shape index (κ1) is 16.4. The van der Waals surface area contributed by atoms with Gasteiger partial charge in [-0.25, -0.2) is 9.59 Å². The van der Waals surface area contributed by atoms with Gasteiger partial charge >= 0.3 is 11.9 Å². The van der Waals surface area contributed by atoms with E-state index in [1.54, 1.807) is 17.4 Å². The number of rotatable bonds is 3. The van der Waals surface area contributed by atoms with Gasteiger partial charge in [0.25, 0.3) is 0 Å². The highest BCUT2D eigenvalue weighted by Gasteiger charge is 2.33. The van der Waals surface area contributed by atoms with Gasteiger partial charge in [0.05, 0.1) is 11.1 Å². The Balaban J connectivity index is 1.90. The van der Waals surface area contributed by atoms with E-state index in [4.69, 9.17) is 4.74 Å². The van der Waals surface area contributed by atoms with E-state index in [-0.39, 0.29) is 0 Å². The third-order valence-corrected chi connectivity index (χ3v) is 5.13. The molecule has 1 aliphatic heterocycles.